The monoisotopic (exact) mass is 240 g/mol. The molecule has 0 saturated heterocycles. The highest BCUT2D eigenvalue weighted by Crippen LogP contribution is 2.34. The lowest BCUT2D eigenvalue weighted by atomic mass is 10.2. The Hall–Kier alpha value is -1.28. The third-order valence-electron chi connectivity index (χ3n) is 1.62. The van der Waals surface area contributed by atoms with Crippen molar-refractivity contribution in [1.29, 1.82) is 0 Å². The van der Waals surface area contributed by atoms with Crippen molar-refractivity contribution in [2.75, 3.05) is 5.73 Å². The number of anilines is 1. The molecule has 0 aliphatic carbocycles. The molecule has 0 saturated carbocycles. The first kappa shape index (κ1) is 11.8. The summed E-state index contributed by atoms with van der Waals surface area (Å²) in [5, 5.41) is 0. The van der Waals surface area contributed by atoms with E-state index in [9.17, 15) is 26.1 Å². The zero-order valence-electron chi connectivity index (χ0n) is 7.08. The van der Waals surface area contributed by atoms with Crippen LogP contribution in [0.15, 0.2) is 23.1 Å². The normalized spacial score (nSPS) is 12.8. The molecule has 0 aromatic heterocycles. The molecule has 0 bridgehead atoms. The summed E-state index contributed by atoms with van der Waals surface area (Å²) in [6, 6.07) is 1.68. The van der Waals surface area contributed by atoms with Crippen LogP contribution in [0.3, 0.4) is 0 Å². The average Bonchev–Trinajstić information content (AvgIpc) is 2.00. The predicted molar refractivity (Wildman–Crippen MR) is 43.8 cm³/mol. The SMILES string of the molecule is Nc1ccc(S(=O)(=O)[O-])cc1C(F)(F)F. The lowest BCUT2D eigenvalue weighted by Crippen LogP contribution is -2.10. The molecule has 0 fully saturated rings. The minimum atomic E-state index is -4.91. The fraction of sp³-hybridized carbons (Fsp3) is 0.143. The van der Waals surface area contributed by atoms with Gasteiger partial charge < -0.3 is 10.3 Å². The summed E-state index contributed by atoms with van der Waals surface area (Å²) in [6.07, 6.45) is -4.79. The lowest BCUT2D eigenvalue weighted by molar-refractivity contribution is -0.137. The number of nitrogen functional groups attached to an aromatic ring is 1. The van der Waals surface area contributed by atoms with Gasteiger partial charge in [0.2, 0.25) is 0 Å². The van der Waals surface area contributed by atoms with Gasteiger partial charge in [-0.25, -0.2) is 8.42 Å². The molecule has 2 N–H and O–H groups in total. The number of halogens is 3. The van der Waals surface area contributed by atoms with Crippen molar-refractivity contribution in [2.45, 2.75) is 11.1 Å². The first-order chi connectivity index (χ1) is 6.62. The van der Waals surface area contributed by atoms with E-state index in [1.807, 2.05) is 0 Å². The molecule has 1 aromatic carbocycles. The van der Waals surface area contributed by atoms with Crippen LogP contribution in [-0.4, -0.2) is 13.0 Å². The number of alkyl halides is 3. The Bertz CT molecular complexity index is 481. The van der Waals surface area contributed by atoms with Crippen LogP contribution in [0.25, 0.3) is 0 Å². The fourth-order valence-corrected chi connectivity index (χ4v) is 1.43. The van der Waals surface area contributed by atoms with Crippen LogP contribution in [0.4, 0.5) is 18.9 Å². The van der Waals surface area contributed by atoms with Crippen LogP contribution in [0.1, 0.15) is 5.56 Å². The van der Waals surface area contributed by atoms with Crippen LogP contribution < -0.4 is 5.73 Å². The van der Waals surface area contributed by atoms with Gasteiger partial charge in [0.1, 0.15) is 10.1 Å². The van der Waals surface area contributed by atoms with Crippen LogP contribution >= 0.6 is 0 Å². The quantitative estimate of drug-likeness (QED) is 0.590. The Labute approximate surface area is 83.3 Å². The second-order valence-corrected chi connectivity index (χ2v) is 4.08. The first-order valence-electron chi connectivity index (χ1n) is 3.55. The van der Waals surface area contributed by atoms with E-state index >= 15 is 0 Å². The van der Waals surface area contributed by atoms with E-state index in [-0.39, 0.29) is 6.07 Å². The van der Waals surface area contributed by atoms with Crippen molar-refractivity contribution in [3.05, 3.63) is 23.8 Å². The lowest BCUT2D eigenvalue weighted by Gasteiger charge is -2.13. The summed E-state index contributed by atoms with van der Waals surface area (Å²) in [5.41, 5.74) is 3.04. The van der Waals surface area contributed by atoms with Crippen LogP contribution in [0, 0.1) is 0 Å². The van der Waals surface area contributed by atoms with Crippen LogP contribution in [0.5, 0.6) is 0 Å². The Morgan fingerprint density at radius 1 is 1.27 bits per heavy atom. The summed E-state index contributed by atoms with van der Waals surface area (Å²) in [5.74, 6) is 0. The summed E-state index contributed by atoms with van der Waals surface area (Å²) in [6.45, 7) is 0. The first-order valence-corrected chi connectivity index (χ1v) is 4.96. The minimum absolute atomic E-state index is 0.220. The van der Waals surface area contributed by atoms with Gasteiger partial charge in [0.25, 0.3) is 0 Å². The fourth-order valence-electron chi connectivity index (χ4n) is 0.936. The second-order valence-electron chi connectivity index (χ2n) is 2.70. The molecule has 0 heterocycles. The van der Waals surface area contributed by atoms with Crippen molar-refractivity contribution in [1.82, 2.24) is 0 Å². The highest BCUT2D eigenvalue weighted by Gasteiger charge is 2.33. The number of hydrogen-bond donors (Lipinski definition) is 1. The summed E-state index contributed by atoms with van der Waals surface area (Å²) in [4.78, 5) is -0.955. The van der Waals surface area contributed by atoms with E-state index in [1.54, 1.807) is 0 Å². The van der Waals surface area contributed by atoms with Crippen molar-refractivity contribution < 1.29 is 26.1 Å². The van der Waals surface area contributed by atoms with Gasteiger partial charge in [-0.3, -0.25) is 0 Å². The van der Waals surface area contributed by atoms with Gasteiger partial charge in [-0.1, -0.05) is 0 Å². The predicted octanol–water partition coefficient (Wildman–Crippen LogP) is 1.19. The zero-order valence-corrected chi connectivity index (χ0v) is 7.89. The third-order valence-corrected chi connectivity index (χ3v) is 2.45. The molecule has 1 aromatic rings. The Balaban J connectivity index is 3.43. The second kappa shape index (κ2) is 3.38. The maximum atomic E-state index is 12.2. The molecule has 0 unspecified atom stereocenters. The van der Waals surface area contributed by atoms with Crippen molar-refractivity contribution in [3.8, 4) is 0 Å². The molecular weight excluding hydrogens is 235 g/mol. The van der Waals surface area contributed by atoms with Crippen molar-refractivity contribution >= 4 is 15.8 Å². The average molecular weight is 240 g/mol. The van der Waals surface area contributed by atoms with Crippen molar-refractivity contribution in [2.24, 2.45) is 0 Å². The number of hydrogen-bond acceptors (Lipinski definition) is 4. The van der Waals surface area contributed by atoms with E-state index in [2.05, 4.69) is 0 Å². The Morgan fingerprint density at radius 2 is 1.80 bits per heavy atom. The van der Waals surface area contributed by atoms with Gasteiger partial charge in [-0.15, -0.1) is 0 Å². The molecule has 0 spiro atoms. The molecule has 1 rings (SSSR count). The van der Waals surface area contributed by atoms with E-state index in [4.69, 9.17) is 5.73 Å². The summed E-state index contributed by atoms with van der Waals surface area (Å²) in [7, 11) is -4.91. The summed E-state index contributed by atoms with van der Waals surface area (Å²) < 4.78 is 68.1. The van der Waals surface area contributed by atoms with E-state index in [0.717, 1.165) is 12.1 Å². The number of nitrogens with two attached hydrogens (primary N) is 1. The zero-order chi connectivity index (χ0) is 11.9. The smallest absolute Gasteiger partial charge is 0.418 e. The Morgan fingerprint density at radius 3 is 2.20 bits per heavy atom. The maximum absolute atomic E-state index is 12.2. The molecule has 15 heavy (non-hydrogen) atoms. The largest absolute Gasteiger partial charge is 0.744 e. The molecule has 0 radical (unpaired) electrons. The maximum Gasteiger partial charge on any atom is 0.418 e. The molecule has 0 aliphatic heterocycles. The van der Waals surface area contributed by atoms with Crippen molar-refractivity contribution in [3.63, 3.8) is 0 Å². The molecule has 4 nitrogen and oxygen atoms in total. The highest BCUT2D eigenvalue weighted by molar-refractivity contribution is 7.85. The molecule has 0 amide bonds. The molecule has 8 heteroatoms. The standard InChI is InChI=1S/C7H6F3NO3S/c8-7(9,10)5-3-4(15(12,13)14)1-2-6(5)11/h1-3H,11H2,(H,12,13,14)/p-1. The molecule has 0 atom stereocenters. The van der Waals surface area contributed by atoms with Crippen LogP contribution in [0.2, 0.25) is 0 Å². The number of rotatable bonds is 1. The third kappa shape index (κ3) is 2.60. The molecule has 0 aliphatic rings. The van der Waals surface area contributed by atoms with Gasteiger partial charge in [-0.2, -0.15) is 13.2 Å². The molecular formula is C7H5F3NO3S-. The van der Waals surface area contributed by atoms with Gasteiger partial charge in [0.05, 0.1) is 10.5 Å². The van der Waals surface area contributed by atoms with Gasteiger partial charge in [-0.05, 0) is 18.2 Å². The number of benzene rings is 1. The van der Waals surface area contributed by atoms with E-state index in [1.165, 1.54) is 0 Å². The minimum Gasteiger partial charge on any atom is -0.744 e. The topological polar surface area (TPSA) is 83.2 Å². The highest BCUT2D eigenvalue weighted by atomic mass is 32.2. The summed E-state index contributed by atoms with van der Waals surface area (Å²) >= 11 is 0. The van der Waals surface area contributed by atoms with Gasteiger partial charge >= 0.3 is 6.18 Å². The van der Waals surface area contributed by atoms with Gasteiger partial charge in [0.15, 0.2) is 0 Å². The molecule has 84 valence electrons. The van der Waals surface area contributed by atoms with E-state index < -0.39 is 32.4 Å². The Kier molecular flexibility index (Phi) is 2.66. The van der Waals surface area contributed by atoms with Crippen LogP contribution in [-0.2, 0) is 16.3 Å². The van der Waals surface area contributed by atoms with E-state index in [0.29, 0.717) is 0 Å². The van der Waals surface area contributed by atoms with Gasteiger partial charge in [0, 0.05) is 5.69 Å².